The third kappa shape index (κ3) is 4.51. The van der Waals surface area contributed by atoms with Crippen molar-refractivity contribution in [2.45, 2.75) is 0 Å². The van der Waals surface area contributed by atoms with Crippen LogP contribution < -0.4 is 15.9 Å². The Labute approximate surface area is 311 Å². The molecule has 0 radical (unpaired) electrons. The predicted molar refractivity (Wildman–Crippen MR) is 232 cm³/mol. The molecule has 0 saturated carbocycles. The lowest BCUT2D eigenvalue weighted by Gasteiger charge is -2.25. The van der Waals surface area contributed by atoms with Gasteiger partial charge >= 0.3 is 0 Å². The highest BCUT2D eigenvalue weighted by molar-refractivity contribution is 8.25. The molecule has 0 amide bonds. The van der Waals surface area contributed by atoms with Crippen LogP contribution in [0.4, 0.5) is 0 Å². The number of imidazole rings is 1. The molecule has 2 aromatic heterocycles. The number of hydrogen-bond acceptors (Lipinski definition) is 2. The van der Waals surface area contributed by atoms with Crippen LogP contribution in [-0.4, -0.2) is 9.38 Å². The van der Waals surface area contributed by atoms with Gasteiger partial charge in [-0.3, -0.25) is 4.40 Å². The van der Waals surface area contributed by atoms with Gasteiger partial charge in [0.05, 0.1) is 16.6 Å². The second kappa shape index (κ2) is 11.7. The van der Waals surface area contributed by atoms with E-state index in [0.29, 0.717) is 0 Å². The molecule has 4 heteroatoms. The maximum atomic E-state index is 6.85. The third-order valence-corrected chi connectivity index (χ3v) is 16.0. The molecule has 2 nitrogen and oxygen atoms in total. The standard InChI is InChI=1S/C49H31N2PS/c53-52(35-14-3-1-4-15-35,36-16-5-2-6-17-36)37-25-29-46-44(31-37)48-40-19-10-8-13-33(40)23-27-43(48)49-50-45-30-34(24-28-47(45)51(46)49)39-20-11-21-41-38-18-9-7-12-32(38)22-26-42(39)41/h1-31H. The first kappa shape index (κ1) is 30.5. The predicted octanol–water partition coefficient (Wildman–Crippen LogP) is 11.7. The van der Waals surface area contributed by atoms with Gasteiger partial charge in [0, 0.05) is 22.2 Å². The molecule has 0 aliphatic heterocycles. The first-order valence-electron chi connectivity index (χ1n) is 18.0. The van der Waals surface area contributed by atoms with Gasteiger partial charge in [0.1, 0.15) is 5.65 Å². The van der Waals surface area contributed by atoms with Crippen molar-refractivity contribution in [3.8, 4) is 11.1 Å². The van der Waals surface area contributed by atoms with Crippen LogP contribution >= 0.6 is 6.04 Å². The van der Waals surface area contributed by atoms with Crippen molar-refractivity contribution < 1.29 is 0 Å². The highest BCUT2D eigenvalue weighted by Crippen LogP contribution is 2.45. The van der Waals surface area contributed by atoms with Gasteiger partial charge in [-0.2, -0.15) is 0 Å². The van der Waals surface area contributed by atoms with Crippen LogP contribution in [0.1, 0.15) is 0 Å². The van der Waals surface area contributed by atoms with Crippen molar-refractivity contribution in [3.05, 3.63) is 188 Å². The lowest BCUT2D eigenvalue weighted by molar-refractivity contribution is 1.32. The van der Waals surface area contributed by atoms with Gasteiger partial charge in [-0.1, -0.05) is 170 Å². The number of rotatable bonds is 4. The van der Waals surface area contributed by atoms with Crippen LogP contribution in [0.5, 0.6) is 0 Å². The topological polar surface area (TPSA) is 17.3 Å². The highest BCUT2D eigenvalue weighted by Gasteiger charge is 2.26. The zero-order valence-corrected chi connectivity index (χ0v) is 30.4. The Hall–Kier alpha value is -6.12. The second-order valence-electron chi connectivity index (χ2n) is 13.9. The Morgan fingerprint density at radius 2 is 1.04 bits per heavy atom. The van der Waals surface area contributed by atoms with Gasteiger partial charge in [0.25, 0.3) is 0 Å². The van der Waals surface area contributed by atoms with Gasteiger partial charge in [-0.15, -0.1) is 0 Å². The van der Waals surface area contributed by atoms with E-state index in [1.165, 1.54) is 64.6 Å². The molecule has 0 aliphatic carbocycles. The van der Waals surface area contributed by atoms with Crippen LogP contribution in [-0.2, 0) is 11.8 Å². The summed E-state index contributed by atoms with van der Waals surface area (Å²) in [6.07, 6.45) is 0. The average molecular weight is 711 g/mol. The lowest BCUT2D eigenvalue weighted by atomic mass is 9.94. The minimum absolute atomic E-state index is 0.965. The zero-order valence-electron chi connectivity index (χ0n) is 28.6. The molecular formula is C49H31N2PS. The summed E-state index contributed by atoms with van der Waals surface area (Å²) >= 11 is 6.85. The first-order valence-corrected chi connectivity index (χ1v) is 20.8. The molecule has 9 aromatic carbocycles. The van der Waals surface area contributed by atoms with Crippen molar-refractivity contribution in [1.29, 1.82) is 0 Å². The monoisotopic (exact) mass is 710 g/mol. The van der Waals surface area contributed by atoms with Gasteiger partial charge in [0.15, 0.2) is 0 Å². The largest absolute Gasteiger partial charge is 0.292 e. The van der Waals surface area contributed by atoms with E-state index < -0.39 is 6.04 Å². The van der Waals surface area contributed by atoms with E-state index in [-0.39, 0.29) is 0 Å². The molecule has 0 unspecified atom stereocenters. The summed E-state index contributed by atoms with van der Waals surface area (Å²) in [7, 11) is 0. The molecule has 0 N–H and O–H groups in total. The van der Waals surface area contributed by atoms with E-state index >= 15 is 0 Å². The van der Waals surface area contributed by atoms with Crippen molar-refractivity contribution in [3.63, 3.8) is 0 Å². The number of benzene rings is 9. The fraction of sp³-hybridized carbons (Fsp3) is 0. The third-order valence-electron chi connectivity index (χ3n) is 11.0. The summed E-state index contributed by atoms with van der Waals surface area (Å²) in [5.74, 6) is 0. The van der Waals surface area contributed by atoms with Crippen molar-refractivity contribution in [1.82, 2.24) is 9.38 Å². The van der Waals surface area contributed by atoms with E-state index in [1.54, 1.807) is 0 Å². The molecule has 0 fully saturated rings. The summed E-state index contributed by atoms with van der Waals surface area (Å²) in [6.45, 7) is 0. The van der Waals surface area contributed by atoms with E-state index in [9.17, 15) is 0 Å². The molecule has 0 saturated heterocycles. The number of pyridine rings is 1. The average Bonchev–Trinajstić information content (AvgIpc) is 3.62. The quantitative estimate of drug-likeness (QED) is 0.134. The summed E-state index contributed by atoms with van der Waals surface area (Å²) < 4.78 is 2.36. The smallest absolute Gasteiger partial charge is 0.146 e. The normalized spacial score (nSPS) is 12.2. The number of aromatic nitrogens is 2. The van der Waals surface area contributed by atoms with Gasteiger partial charge in [-0.25, -0.2) is 4.98 Å². The molecule has 2 heterocycles. The van der Waals surface area contributed by atoms with Gasteiger partial charge in [-0.05, 0) is 89.7 Å². The zero-order chi connectivity index (χ0) is 35.1. The van der Waals surface area contributed by atoms with Crippen molar-refractivity contribution in [2.75, 3.05) is 0 Å². The Bertz CT molecular complexity index is 3270. The molecule has 11 rings (SSSR count). The molecule has 248 valence electrons. The Balaban J connectivity index is 1.21. The summed E-state index contributed by atoms with van der Waals surface area (Å²) in [4.78, 5) is 5.43. The number of nitrogens with zero attached hydrogens (tertiary/aromatic N) is 2. The summed E-state index contributed by atoms with van der Waals surface area (Å²) in [6, 6.07) is 65.7. The van der Waals surface area contributed by atoms with Crippen LogP contribution in [0.2, 0.25) is 0 Å². The van der Waals surface area contributed by atoms with Gasteiger partial charge in [0.2, 0.25) is 0 Å². The molecule has 11 aromatic rings. The minimum atomic E-state index is -2.38. The molecule has 0 aliphatic rings. The Morgan fingerprint density at radius 3 is 1.79 bits per heavy atom. The SMILES string of the molecule is S=P(c1ccccc1)(c1ccccc1)c1ccc2c(c1)c1c3ccccc3ccc1c1nc3cc(-c4cccc5c4ccc4ccccc45)ccc3n21. The van der Waals surface area contributed by atoms with Crippen molar-refractivity contribution in [2.24, 2.45) is 0 Å². The van der Waals surface area contributed by atoms with E-state index in [0.717, 1.165) is 33.1 Å². The van der Waals surface area contributed by atoms with Crippen molar-refractivity contribution >= 4 is 104 Å². The van der Waals surface area contributed by atoms with Crippen LogP contribution in [0.25, 0.3) is 81.8 Å². The van der Waals surface area contributed by atoms with Crippen LogP contribution in [0.3, 0.4) is 0 Å². The van der Waals surface area contributed by atoms with E-state index in [1.807, 2.05) is 0 Å². The molecule has 0 bridgehead atoms. The summed E-state index contributed by atoms with van der Waals surface area (Å²) in [5, 5.41) is 14.6. The Morgan fingerprint density at radius 1 is 0.415 bits per heavy atom. The van der Waals surface area contributed by atoms with Crippen LogP contribution in [0, 0.1) is 0 Å². The number of fused-ring (bicyclic) bond motifs is 13. The molecule has 53 heavy (non-hydrogen) atoms. The fourth-order valence-corrected chi connectivity index (χ4v) is 12.3. The van der Waals surface area contributed by atoms with Gasteiger partial charge < -0.3 is 0 Å². The summed E-state index contributed by atoms with van der Waals surface area (Å²) in [5.41, 5.74) is 6.53. The number of hydrogen-bond donors (Lipinski definition) is 0. The van der Waals surface area contributed by atoms with E-state index in [2.05, 4.69) is 192 Å². The van der Waals surface area contributed by atoms with Crippen LogP contribution in [0.15, 0.2) is 188 Å². The highest BCUT2D eigenvalue weighted by atomic mass is 32.4. The lowest BCUT2D eigenvalue weighted by Crippen LogP contribution is -2.24. The fourth-order valence-electron chi connectivity index (χ4n) is 8.55. The maximum Gasteiger partial charge on any atom is 0.146 e. The van der Waals surface area contributed by atoms with E-state index in [4.69, 9.17) is 16.8 Å². The maximum absolute atomic E-state index is 6.85. The molecular weight excluding hydrogens is 680 g/mol. The first-order chi connectivity index (χ1) is 26.2. The molecule has 0 atom stereocenters. The second-order valence-corrected chi connectivity index (χ2v) is 18.3. The molecule has 0 spiro atoms. The minimum Gasteiger partial charge on any atom is -0.292 e. The Kier molecular flexibility index (Phi) is 6.73.